The molecule has 0 aliphatic carbocycles. The Labute approximate surface area is 130 Å². The zero-order chi connectivity index (χ0) is 14.7. The molecule has 1 saturated heterocycles. The summed E-state index contributed by atoms with van der Waals surface area (Å²) in [4.78, 5) is 8.37. The summed E-state index contributed by atoms with van der Waals surface area (Å²) >= 11 is 1.67. The third-order valence-corrected chi connectivity index (χ3v) is 5.02. The minimum Gasteiger partial charge on any atom is -0.440 e. The molecule has 0 bridgehead atoms. The largest absolute Gasteiger partial charge is 0.440 e. The molecule has 2 aromatic heterocycles. The molecule has 1 unspecified atom stereocenters. The van der Waals surface area contributed by atoms with E-state index in [0.717, 1.165) is 41.9 Å². The quantitative estimate of drug-likeness (QED) is 0.920. The number of hydrogen-bond donors (Lipinski definition) is 1. The van der Waals surface area contributed by atoms with Gasteiger partial charge in [-0.1, -0.05) is 12.5 Å². The van der Waals surface area contributed by atoms with Crippen LogP contribution in [0.1, 0.15) is 30.7 Å². The van der Waals surface area contributed by atoms with Crippen molar-refractivity contribution in [2.45, 2.75) is 38.8 Å². The van der Waals surface area contributed by atoms with Gasteiger partial charge in [-0.25, -0.2) is 4.98 Å². The molecule has 0 spiro atoms. The van der Waals surface area contributed by atoms with Gasteiger partial charge in [0.1, 0.15) is 5.76 Å². The Morgan fingerprint density at radius 2 is 2.38 bits per heavy atom. The van der Waals surface area contributed by atoms with Crippen molar-refractivity contribution in [2.75, 3.05) is 20.1 Å². The SMILES string of the molecule is CNCC1CCCCN1Cc1nc(-c2cccs2)oc1C. The van der Waals surface area contributed by atoms with Crippen LogP contribution in [0.15, 0.2) is 21.9 Å². The molecule has 1 aliphatic rings. The number of nitrogens with zero attached hydrogens (tertiary/aromatic N) is 2. The lowest BCUT2D eigenvalue weighted by Crippen LogP contribution is -2.44. The van der Waals surface area contributed by atoms with Crippen molar-refractivity contribution in [3.05, 3.63) is 29.0 Å². The maximum Gasteiger partial charge on any atom is 0.236 e. The van der Waals surface area contributed by atoms with Crippen molar-refractivity contribution in [3.63, 3.8) is 0 Å². The zero-order valence-corrected chi connectivity index (χ0v) is 13.6. The first-order chi connectivity index (χ1) is 10.3. The van der Waals surface area contributed by atoms with Crippen LogP contribution in [-0.4, -0.2) is 36.1 Å². The van der Waals surface area contributed by atoms with Crippen LogP contribution in [0, 0.1) is 6.92 Å². The Hall–Kier alpha value is -1.17. The second kappa shape index (κ2) is 6.73. The lowest BCUT2D eigenvalue weighted by Gasteiger charge is -2.35. The number of piperidine rings is 1. The third-order valence-electron chi connectivity index (χ3n) is 4.17. The Balaban J connectivity index is 1.74. The van der Waals surface area contributed by atoms with Crippen LogP contribution in [0.3, 0.4) is 0 Å². The van der Waals surface area contributed by atoms with Crippen LogP contribution in [0.2, 0.25) is 0 Å². The molecule has 0 aromatic carbocycles. The van der Waals surface area contributed by atoms with Gasteiger partial charge in [-0.2, -0.15) is 0 Å². The monoisotopic (exact) mass is 305 g/mol. The molecule has 1 N–H and O–H groups in total. The van der Waals surface area contributed by atoms with Crippen molar-refractivity contribution in [3.8, 4) is 10.8 Å². The average Bonchev–Trinajstić information content (AvgIpc) is 3.12. The number of nitrogens with one attached hydrogen (secondary N) is 1. The molecule has 21 heavy (non-hydrogen) atoms. The summed E-state index contributed by atoms with van der Waals surface area (Å²) < 4.78 is 5.85. The first-order valence-electron chi connectivity index (χ1n) is 7.66. The topological polar surface area (TPSA) is 41.3 Å². The summed E-state index contributed by atoms with van der Waals surface area (Å²) in [5, 5.41) is 5.37. The highest BCUT2D eigenvalue weighted by atomic mass is 32.1. The van der Waals surface area contributed by atoms with Gasteiger partial charge in [0.05, 0.1) is 10.6 Å². The van der Waals surface area contributed by atoms with E-state index in [4.69, 9.17) is 9.40 Å². The molecule has 1 fully saturated rings. The van der Waals surface area contributed by atoms with Crippen molar-refractivity contribution >= 4 is 11.3 Å². The first kappa shape index (κ1) is 14.8. The number of rotatable bonds is 5. The Kier molecular flexibility index (Phi) is 4.73. The van der Waals surface area contributed by atoms with E-state index in [2.05, 4.69) is 21.7 Å². The fraction of sp³-hybridized carbons (Fsp3) is 0.562. The van der Waals surface area contributed by atoms with Gasteiger partial charge in [-0.15, -0.1) is 11.3 Å². The second-order valence-corrected chi connectivity index (χ2v) is 6.62. The molecule has 1 aliphatic heterocycles. The molecular formula is C16H23N3OS. The minimum atomic E-state index is 0.616. The summed E-state index contributed by atoms with van der Waals surface area (Å²) in [6, 6.07) is 4.71. The van der Waals surface area contributed by atoms with Crippen LogP contribution in [0.25, 0.3) is 10.8 Å². The molecule has 4 nitrogen and oxygen atoms in total. The van der Waals surface area contributed by atoms with Gasteiger partial charge in [0.2, 0.25) is 5.89 Å². The van der Waals surface area contributed by atoms with E-state index in [0.29, 0.717) is 6.04 Å². The van der Waals surface area contributed by atoms with E-state index in [1.165, 1.54) is 19.3 Å². The molecule has 0 saturated carbocycles. The van der Waals surface area contributed by atoms with Gasteiger partial charge in [0.25, 0.3) is 0 Å². The molecule has 3 heterocycles. The fourth-order valence-electron chi connectivity index (χ4n) is 3.01. The van der Waals surface area contributed by atoms with Crippen LogP contribution in [0.4, 0.5) is 0 Å². The number of oxazole rings is 1. The number of likely N-dealkylation sites (N-methyl/N-ethyl adjacent to an activating group) is 1. The average molecular weight is 305 g/mol. The summed E-state index contributed by atoms with van der Waals surface area (Å²) in [6.07, 6.45) is 3.89. The smallest absolute Gasteiger partial charge is 0.236 e. The van der Waals surface area contributed by atoms with Crippen LogP contribution in [-0.2, 0) is 6.54 Å². The second-order valence-electron chi connectivity index (χ2n) is 5.68. The van der Waals surface area contributed by atoms with Gasteiger partial charge in [0.15, 0.2) is 0 Å². The van der Waals surface area contributed by atoms with Crippen molar-refractivity contribution in [2.24, 2.45) is 0 Å². The molecule has 5 heteroatoms. The number of aryl methyl sites for hydroxylation is 1. The molecule has 0 radical (unpaired) electrons. The van der Waals surface area contributed by atoms with E-state index in [-0.39, 0.29) is 0 Å². The van der Waals surface area contributed by atoms with Crippen molar-refractivity contribution in [1.82, 2.24) is 15.2 Å². The molecular weight excluding hydrogens is 282 g/mol. The van der Waals surface area contributed by atoms with Gasteiger partial charge in [-0.05, 0) is 44.8 Å². The highest BCUT2D eigenvalue weighted by molar-refractivity contribution is 7.13. The van der Waals surface area contributed by atoms with Gasteiger partial charge in [0, 0.05) is 19.1 Å². The minimum absolute atomic E-state index is 0.616. The molecule has 0 amide bonds. The van der Waals surface area contributed by atoms with Gasteiger partial charge >= 0.3 is 0 Å². The summed E-state index contributed by atoms with van der Waals surface area (Å²) in [5.41, 5.74) is 1.08. The van der Waals surface area contributed by atoms with Crippen LogP contribution >= 0.6 is 11.3 Å². The highest BCUT2D eigenvalue weighted by Gasteiger charge is 2.24. The Bertz CT molecular complexity index is 562. The number of hydrogen-bond acceptors (Lipinski definition) is 5. The number of aromatic nitrogens is 1. The Morgan fingerprint density at radius 1 is 1.48 bits per heavy atom. The summed E-state index contributed by atoms with van der Waals surface area (Å²) in [7, 11) is 2.03. The van der Waals surface area contributed by atoms with E-state index in [1.54, 1.807) is 11.3 Å². The highest BCUT2D eigenvalue weighted by Crippen LogP contribution is 2.27. The third kappa shape index (κ3) is 3.36. The molecule has 1 atom stereocenters. The molecule has 2 aromatic rings. The van der Waals surface area contributed by atoms with E-state index < -0.39 is 0 Å². The van der Waals surface area contributed by atoms with E-state index in [9.17, 15) is 0 Å². The zero-order valence-electron chi connectivity index (χ0n) is 12.8. The van der Waals surface area contributed by atoms with Crippen LogP contribution < -0.4 is 5.32 Å². The maximum absolute atomic E-state index is 5.85. The Morgan fingerprint density at radius 3 is 3.14 bits per heavy atom. The van der Waals surface area contributed by atoms with Crippen molar-refractivity contribution < 1.29 is 4.42 Å². The fourth-order valence-corrected chi connectivity index (χ4v) is 3.66. The van der Waals surface area contributed by atoms with Crippen molar-refractivity contribution in [1.29, 1.82) is 0 Å². The first-order valence-corrected chi connectivity index (χ1v) is 8.54. The summed E-state index contributed by atoms with van der Waals surface area (Å²) in [5.74, 6) is 1.71. The maximum atomic E-state index is 5.85. The van der Waals surface area contributed by atoms with Crippen LogP contribution in [0.5, 0.6) is 0 Å². The van der Waals surface area contributed by atoms with E-state index >= 15 is 0 Å². The standard InChI is InChI=1S/C16H23N3OS/c1-12-14(18-16(20-12)15-7-5-9-21-15)11-19-8-4-3-6-13(19)10-17-2/h5,7,9,13,17H,3-4,6,8,10-11H2,1-2H3. The van der Waals surface area contributed by atoms with E-state index in [1.807, 2.05) is 20.0 Å². The number of thiophene rings is 1. The summed E-state index contributed by atoms with van der Waals surface area (Å²) in [6.45, 7) is 5.13. The lowest BCUT2D eigenvalue weighted by atomic mass is 10.0. The lowest BCUT2D eigenvalue weighted by molar-refractivity contribution is 0.137. The predicted octanol–water partition coefficient (Wildman–Crippen LogP) is 3.29. The molecule has 114 valence electrons. The van der Waals surface area contributed by atoms with Gasteiger partial charge in [-0.3, -0.25) is 4.90 Å². The predicted molar refractivity (Wildman–Crippen MR) is 86.5 cm³/mol. The van der Waals surface area contributed by atoms with Gasteiger partial charge < -0.3 is 9.73 Å². The normalized spacial score (nSPS) is 20.0. The molecule has 3 rings (SSSR count). The number of likely N-dealkylation sites (tertiary alicyclic amines) is 1.